The lowest BCUT2D eigenvalue weighted by atomic mass is 11.6. The van der Waals surface area contributed by atoms with Gasteiger partial charge in [0, 0.05) is 0 Å². The molecule has 0 aromatic carbocycles. The second-order valence-corrected chi connectivity index (χ2v) is 0.696. The van der Waals surface area contributed by atoms with Crippen molar-refractivity contribution < 1.29 is 8.93 Å². The lowest BCUT2D eigenvalue weighted by molar-refractivity contribution is 0.129. The van der Waals surface area contributed by atoms with E-state index in [0.29, 0.717) is 0 Å². The molecule has 0 saturated carbocycles. The van der Waals surface area contributed by atoms with Crippen molar-refractivity contribution in [2.45, 2.75) is 0 Å². The third-order valence-electron chi connectivity index (χ3n) is 0.0488. The zero-order valence-electron chi connectivity index (χ0n) is 1.94. The molecule has 0 rings (SSSR count). The van der Waals surface area contributed by atoms with Crippen LogP contribution in [-0.2, 0) is 3.83 Å². The second-order valence-electron chi connectivity index (χ2n) is 0.238. The first kappa shape index (κ1) is 4.40. The summed E-state index contributed by atoms with van der Waals surface area (Å²) in [6, 6.07) is 0. The summed E-state index contributed by atoms with van der Waals surface area (Å²) in [7, 11) is 0. The molecule has 0 spiro atoms. The van der Waals surface area contributed by atoms with Gasteiger partial charge in [-0.2, -0.15) is 0 Å². The van der Waals surface area contributed by atoms with Gasteiger partial charge in [-0.05, 0) is 0 Å². The number of aliphatic hydroxyl groups excluding tert-OH is 1. The van der Waals surface area contributed by atoms with Crippen molar-refractivity contribution in [2.24, 2.45) is 0 Å². The molecule has 0 radical (unpaired) electrons. The van der Waals surface area contributed by atoms with Gasteiger partial charge in [0.1, 0.15) is 16.3 Å². The van der Waals surface area contributed by atoms with E-state index in [2.05, 4.69) is 20.1 Å². The van der Waals surface area contributed by atoms with E-state index in [1.807, 2.05) is 0 Å². The van der Waals surface area contributed by atoms with Crippen LogP contribution >= 0.6 is 16.3 Å². The number of rotatable bonds is 1. The Morgan fingerprint density at radius 1 is 2.00 bits per heavy atom. The maximum absolute atomic E-state index is 7.61. The Morgan fingerprint density at radius 3 is 2.25 bits per heavy atom. The third-order valence-corrected chi connectivity index (χ3v) is 0.254. The average molecular weight is 127 g/mol. The van der Waals surface area contributed by atoms with Gasteiger partial charge in [0.15, 0.2) is 6.79 Å². The van der Waals surface area contributed by atoms with Crippen LogP contribution in [0.2, 0.25) is 0 Å². The van der Waals surface area contributed by atoms with Crippen molar-refractivity contribution in [3.63, 3.8) is 0 Å². The molecule has 4 heavy (non-hydrogen) atoms. The van der Waals surface area contributed by atoms with Crippen LogP contribution in [0.4, 0.5) is 0 Å². The monoisotopic (exact) mass is 126 g/mol. The summed E-state index contributed by atoms with van der Waals surface area (Å²) in [5.41, 5.74) is 0. The van der Waals surface area contributed by atoms with Gasteiger partial charge >= 0.3 is 0 Å². The molecule has 0 saturated heterocycles. The van der Waals surface area contributed by atoms with E-state index >= 15 is 0 Å². The number of hydrogen-bond donors (Lipinski definition) is 1. The maximum Gasteiger partial charge on any atom is 0.156 e. The van der Waals surface area contributed by atoms with Gasteiger partial charge in [-0.15, -0.1) is 0 Å². The van der Waals surface area contributed by atoms with Crippen molar-refractivity contribution in [3.05, 3.63) is 0 Å². The van der Waals surface area contributed by atoms with E-state index in [4.69, 9.17) is 5.11 Å². The standard InChI is InChI=1S/CH3BrO2/c2-4-1-3/h3H,1H2. The highest BCUT2D eigenvalue weighted by Crippen LogP contribution is 1.74. The van der Waals surface area contributed by atoms with Crippen LogP contribution in [0, 0.1) is 0 Å². The van der Waals surface area contributed by atoms with Crippen LogP contribution in [-0.4, -0.2) is 11.9 Å². The first-order valence-electron chi connectivity index (χ1n) is 0.759. The second kappa shape index (κ2) is 3.40. The SMILES string of the molecule is OCOBr. The van der Waals surface area contributed by atoms with Crippen molar-refractivity contribution >= 4 is 16.3 Å². The Kier molecular flexibility index (Phi) is 3.74. The van der Waals surface area contributed by atoms with E-state index in [1.54, 1.807) is 0 Å². The third kappa shape index (κ3) is 2.40. The van der Waals surface area contributed by atoms with E-state index in [-0.39, 0.29) is 6.79 Å². The quantitative estimate of drug-likeness (QED) is 0.512. The van der Waals surface area contributed by atoms with Gasteiger partial charge in [0.05, 0.1) is 0 Å². The molecular formula is CH3BrO2. The van der Waals surface area contributed by atoms with Crippen LogP contribution < -0.4 is 0 Å². The summed E-state index contributed by atoms with van der Waals surface area (Å²) in [5, 5.41) is 7.61. The Bertz CT molecular complexity index is 8.00. The topological polar surface area (TPSA) is 29.5 Å². The Labute approximate surface area is 32.8 Å². The van der Waals surface area contributed by atoms with Crippen LogP contribution in [0.15, 0.2) is 0 Å². The van der Waals surface area contributed by atoms with Gasteiger partial charge in [-0.1, -0.05) is 0 Å². The zero-order valence-corrected chi connectivity index (χ0v) is 3.53. The van der Waals surface area contributed by atoms with Gasteiger partial charge < -0.3 is 5.11 Å². The van der Waals surface area contributed by atoms with Gasteiger partial charge in [-0.25, -0.2) is 0 Å². The molecule has 0 atom stereocenters. The number of hydrogen-bond acceptors (Lipinski definition) is 2. The minimum absolute atomic E-state index is 0.264. The van der Waals surface area contributed by atoms with Gasteiger partial charge in [-0.3, -0.25) is 3.83 Å². The number of aliphatic hydroxyl groups is 1. The van der Waals surface area contributed by atoms with Gasteiger partial charge in [0.2, 0.25) is 0 Å². The fourth-order valence-corrected chi connectivity index (χ4v) is 0. The van der Waals surface area contributed by atoms with Crippen LogP contribution in [0.3, 0.4) is 0 Å². The highest BCUT2D eigenvalue weighted by molar-refractivity contribution is 9.06. The summed E-state index contributed by atoms with van der Waals surface area (Å²) < 4.78 is 3.91. The fourth-order valence-electron chi connectivity index (χ4n) is 0. The smallest absolute Gasteiger partial charge is 0.156 e. The van der Waals surface area contributed by atoms with Crippen LogP contribution in [0.1, 0.15) is 0 Å². The zero-order chi connectivity index (χ0) is 3.41. The van der Waals surface area contributed by atoms with Crippen molar-refractivity contribution in [3.8, 4) is 0 Å². The van der Waals surface area contributed by atoms with Crippen molar-refractivity contribution in [1.82, 2.24) is 0 Å². The fraction of sp³-hybridized carbons (Fsp3) is 1.00. The lowest BCUT2D eigenvalue weighted by Crippen LogP contribution is -1.71. The van der Waals surface area contributed by atoms with E-state index in [9.17, 15) is 0 Å². The van der Waals surface area contributed by atoms with E-state index in [1.165, 1.54) is 0 Å². The Morgan fingerprint density at radius 2 is 2.25 bits per heavy atom. The highest BCUT2D eigenvalue weighted by Gasteiger charge is 1.55. The molecule has 0 heterocycles. The molecular weight excluding hydrogens is 124 g/mol. The predicted octanol–water partition coefficient (Wildman–Crippen LogP) is 0.263. The minimum atomic E-state index is -0.264. The molecule has 0 aliphatic rings. The normalized spacial score (nSPS) is 7.50. The Hall–Kier alpha value is 0.400. The molecule has 0 amide bonds. The molecule has 0 bridgehead atoms. The van der Waals surface area contributed by atoms with Gasteiger partial charge in [0.25, 0.3) is 0 Å². The van der Waals surface area contributed by atoms with E-state index < -0.39 is 0 Å². The predicted molar refractivity (Wildman–Crippen MR) is 17.1 cm³/mol. The lowest BCUT2D eigenvalue weighted by Gasteiger charge is -1.71. The molecule has 2 nitrogen and oxygen atoms in total. The summed E-state index contributed by atoms with van der Waals surface area (Å²) in [6.45, 7) is -0.264. The summed E-state index contributed by atoms with van der Waals surface area (Å²) >= 11 is 2.50. The molecule has 26 valence electrons. The molecule has 0 aliphatic carbocycles. The summed E-state index contributed by atoms with van der Waals surface area (Å²) in [6.07, 6.45) is 0. The molecule has 0 aromatic rings. The van der Waals surface area contributed by atoms with Crippen molar-refractivity contribution in [1.29, 1.82) is 0 Å². The number of halogens is 1. The average Bonchev–Trinajstić information content (AvgIpc) is 1.37. The molecule has 1 N–H and O–H groups in total. The first-order chi connectivity index (χ1) is 1.91. The molecule has 0 aromatic heterocycles. The molecule has 0 aliphatic heterocycles. The summed E-state index contributed by atoms with van der Waals surface area (Å²) in [5.74, 6) is 0. The summed E-state index contributed by atoms with van der Waals surface area (Å²) in [4.78, 5) is 0. The molecule has 0 unspecified atom stereocenters. The highest BCUT2D eigenvalue weighted by atomic mass is 79.9. The maximum atomic E-state index is 7.61. The molecule has 0 fully saturated rings. The Balaban J connectivity index is 1.97. The molecule has 3 heteroatoms. The minimum Gasteiger partial charge on any atom is -0.370 e. The van der Waals surface area contributed by atoms with E-state index in [0.717, 1.165) is 0 Å². The first-order valence-corrected chi connectivity index (χ1v) is 1.41. The largest absolute Gasteiger partial charge is 0.370 e. The van der Waals surface area contributed by atoms with Crippen LogP contribution in [0.5, 0.6) is 0 Å². The van der Waals surface area contributed by atoms with Crippen molar-refractivity contribution in [2.75, 3.05) is 6.79 Å². The van der Waals surface area contributed by atoms with Crippen LogP contribution in [0.25, 0.3) is 0 Å².